The lowest BCUT2D eigenvalue weighted by Crippen LogP contribution is -2.40. The van der Waals surface area contributed by atoms with E-state index >= 15 is 0 Å². The van der Waals surface area contributed by atoms with Crippen LogP contribution >= 0.6 is 0 Å². The number of anilines is 1. The summed E-state index contributed by atoms with van der Waals surface area (Å²) in [5, 5.41) is 2.77. The van der Waals surface area contributed by atoms with Crippen LogP contribution in [0.1, 0.15) is 46.0 Å². The summed E-state index contributed by atoms with van der Waals surface area (Å²) in [6.45, 7) is 4.65. The van der Waals surface area contributed by atoms with E-state index in [0.29, 0.717) is 37.1 Å². The van der Waals surface area contributed by atoms with Crippen molar-refractivity contribution in [2.75, 3.05) is 30.3 Å². The van der Waals surface area contributed by atoms with Gasteiger partial charge in [-0.15, -0.1) is 0 Å². The van der Waals surface area contributed by atoms with E-state index in [-0.39, 0.29) is 18.6 Å². The van der Waals surface area contributed by atoms with E-state index in [0.717, 1.165) is 23.4 Å². The maximum Gasteiger partial charge on any atom is 0.240 e. The third kappa shape index (κ3) is 7.67. The molecule has 0 atom stereocenters. The Labute approximate surface area is 168 Å². The molecule has 0 spiro atoms. The number of nitrogens with one attached hydrogen (secondary N) is 1. The van der Waals surface area contributed by atoms with Gasteiger partial charge in [0.2, 0.25) is 15.9 Å². The molecule has 158 valence electrons. The topological polar surface area (TPSA) is 84.9 Å². The molecule has 0 aliphatic heterocycles. The Balaban J connectivity index is 1.83. The zero-order chi connectivity index (χ0) is 20.6. The van der Waals surface area contributed by atoms with Gasteiger partial charge in [0.15, 0.2) is 0 Å². The molecule has 0 unspecified atom stereocenters. The van der Waals surface area contributed by atoms with Gasteiger partial charge in [0, 0.05) is 13.2 Å². The number of ether oxygens (including phenoxy) is 2. The van der Waals surface area contributed by atoms with E-state index in [9.17, 15) is 13.2 Å². The molecule has 1 fully saturated rings. The van der Waals surface area contributed by atoms with Crippen LogP contribution in [0.25, 0.3) is 0 Å². The van der Waals surface area contributed by atoms with Gasteiger partial charge >= 0.3 is 0 Å². The molecule has 1 saturated carbocycles. The van der Waals surface area contributed by atoms with E-state index in [1.54, 1.807) is 24.3 Å². The van der Waals surface area contributed by atoms with Gasteiger partial charge < -0.3 is 14.8 Å². The van der Waals surface area contributed by atoms with Gasteiger partial charge in [0.25, 0.3) is 0 Å². The third-order valence-corrected chi connectivity index (χ3v) is 5.62. The summed E-state index contributed by atoms with van der Waals surface area (Å²) in [5.74, 6) is 0.313. The number of sulfonamides is 1. The summed E-state index contributed by atoms with van der Waals surface area (Å²) in [4.78, 5) is 12.2. The van der Waals surface area contributed by atoms with Crippen molar-refractivity contribution >= 4 is 21.6 Å². The Morgan fingerprint density at radius 3 is 2.43 bits per heavy atom. The minimum Gasteiger partial charge on any atom is -0.491 e. The van der Waals surface area contributed by atoms with Crippen molar-refractivity contribution in [3.63, 3.8) is 0 Å². The van der Waals surface area contributed by atoms with Crippen LogP contribution in [0.2, 0.25) is 0 Å². The first kappa shape index (κ1) is 22.5. The molecule has 1 aliphatic rings. The van der Waals surface area contributed by atoms with Gasteiger partial charge in [-0.2, -0.15) is 0 Å². The van der Waals surface area contributed by atoms with E-state index in [1.807, 2.05) is 13.8 Å². The molecule has 1 N–H and O–H groups in total. The highest BCUT2D eigenvalue weighted by atomic mass is 32.2. The molecule has 1 amide bonds. The largest absolute Gasteiger partial charge is 0.491 e. The van der Waals surface area contributed by atoms with Crippen molar-refractivity contribution in [1.29, 1.82) is 0 Å². The van der Waals surface area contributed by atoms with Crippen molar-refractivity contribution in [1.82, 2.24) is 5.32 Å². The molecule has 2 rings (SSSR count). The minimum atomic E-state index is -3.59. The molecule has 28 heavy (non-hydrogen) atoms. The number of nitrogens with zero attached hydrogens (tertiary/aromatic N) is 1. The number of hydrogen-bond acceptors (Lipinski definition) is 5. The van der Waals surface area contributed by atoms with Crippen LogP contribution < -0.4 is 14.4 Å². The van der Waals surface area contributed by atoms with Gasteiger partial charge in [-0.05, 0) is 57.4 Å². The fraction of sp³-hybridized carbons (Fsp3) is 0.650. The van der Waals surface area contributed by atoms with Crippen molar-refractivity contribution in [2.24, 2.45) is 0 Å². The number of benzene rings is 1. The van der Waals surface area contributed by atoms with Gasteiger partial charge in [-0.25, -0.2) is 8.42 Å². The average molecular weight is 413 g/mol. The summed E-state index contributed by atoms with van der Waals surface area (Å²) in [7, 11) is -3.59. The molecule has 1 aromatic rings. The first-order valence-electron chi connectivity index (χ1n) is 9.88. The highest BCUT2D eigenvalue weighted by Gasteiger charge is 2.21. The molecular weight excluding hydrogens is 380 g/mol. The van der Waals surface area contributed by atoms with Crippen LogP contribution in [-0.4, -0.2) is 52.5 Å². The molecule has 1 aromatic carbocycles. The average Bonchev–Trinajstić information content (AvgIpc) is 3.12. The van der Waals surface area contributed by atoms with Crippen molar-refractivity contribution in [2.45, 2.75) is 58.2 Å². The SMILES string of the molecule is CC(C)Oc1ccc(N(CC(=O)NCCCOC2CCCC2)S(C)(=O)=O)cc1. The molecule has 0 aromatic heterocycles. The first-order chi connectivity index (χ1) is 13.3. The molecule has 7 nitrogen and oxygen atoms in total. The van der Waals surface area contributed by atoms with Crippen LogP contribution in [0.15, 0.2) is 24.3 Å². The second-order valence-electron chi connectivity index (χ2n) is 7.41. The predicted molar refractivity (Wildman–Crippen MR) is 110 cm³/mol. The van der Waals surface area contributed by atoms with E-state index < -0.39 is 10.0 Å². The Kier molecular flexibility index (Phi) is 8.57. The summed E-state index contributed by atoms with van der Waals surface area (Å²) in [6, 6.07) is 6.68. The second-order valence-corrected chi connectivity index (χ2v) is 9.32. The lowest BCUT2D eigenvalue weighted by Gasteiger charge is -2.22. The van der Waals surface area contributed by atoms with Gasteiger partial charge in [0.05, 0.1) is 24.2 Å². The van der Waals surface area contributed by atoms with Crippen LogP contribution in [0.3, 0.4) is 0 Å². The Morgan fingerprint density at radius 2 is 1.86 bits per heavy atom. The Morgan fingerprint density at radius 1 is 1.21 bits per heavy atom. The fourth-order valence-corrected chi connectivity index (χ4v) is 4.01. The van der Waals surface area contributed by atoms with Crippen LogP contribution in [0.5, 0.6) is 5.75 Å². The summed E-state index contributed by atoms with van der Waals surface area (Å²) >= 11 is 0. The standard InChI is InChI=1S/C20H32N2O5S/c1-16(2)27-19-11-9-17(10-12-19)22(28(3,24)25)15-20(23)21-13-6-14-26-18-7-4-5-8-18/h9-12,16,18H,4-8,13-15H2,1-3H3,(H,21,23). The maximum atomic E-state index is 12.2. The Bertz CT molecular complexity index is 713. The lowest BCUT2D eigenvalue weighted by atomic mass is 10.3. The van der Waals surface area contributed by atoms with Crippen LogP contribution in [0.4, 0.5) is 5.69 Å². The van der Waals surface area contributed by atoms with Crippen LogP contribution in [0, 0.1) is 0 Å². The van der Waals surface area contributed by atoms with E-state index in [2.05, 4.69) is 5.32 Å². The van der Waals surface area contributed by atoms with E-state index in [4.69, 9.17) is 9.47 Å². The number of carbonyl (C=O) groups excluding carboxylic acids is 1. The highest BCUT2D eigenvalue weighted by molar-refractivity contribution is 7.92. The second kappa shape index (κ2) is 10.7. The summed E-state index contributed by atoms with van der Waals surface area (Å²) < 4.78 is 36.7. The molecule has 0 bridgehead atoms. The van der Waals surface area contributed by atoms with Crippen LogP contribution in [-0.2, 0) is 19.6 Å². The number of rotatable bonds is 11. The predicted octanol–water partition coefficient (Wildman–Crippen LogP) is 2.71. The lowest BCUT2D eigenvalue weighted by molar-refractivity contribution is -0.119. The number of hydrogen-bond donors (Lipinski definition) is 1. The molecule has 0 saturated heterocycles. The monoisotopic (exact) mass is 412 g/mol. The van der Waals surface area contributed by atoms with Crippen molar-refractivity contribution in [3.8, 4) is 5.75 Å². The quantitative estimate of drug-likeness (QED) is 0.565. The molecule has 0 radical (unpaired) electrons. The molecular formula is C20H32N2O5S. The summed E-state index contributed by atoms with van der Waals surface area (Å²) in [6.07, 6.45) is 6.89. The zero-order valence-corrected chi connectivity index (χ0v) is 17.8. The first-order valence-corrected chi connectivity index (χ1v) is 11.7. The Hall–Kier alpha value is -1.80. The zero-order valence-electron chi connectivity index (χ0n) is 17.0. The molecule has 8 heteroatoms. The molecule has 0 heterocycles. The van der Waals surface area contributed by atoms with Gasteiger partial charge in [0.1, 0.15) is 12.3 Å². The summed E-state index contributed by atoms with van der Waals surface area (Å²) in [5.41, 5.74) is 0.429. The maximum absolute atomic E-state index is 12.2. The smallest absolute Gasteiger partial charge is 0.240 e. The minimum absolute atomic E-state index is 0.0280. The van der Waals surface area contributed by atoms with Gasteiger partial charge in [-0.3, -0.25) is 9.10 Å². The third-order valence-electron chi connectivity index (χ3n) is 4.48. The number of carbonyl (C=O) groups is 1. The van der Waals surface area contributed by atoms with Gasteiger partial charge in [-0.1, -0.05) is 12.8 Å². The van der Waals surface area contributed by atoms with Crippen molar-refractivity contribution in [3.05, 3.63) is 24.3 Å². The number of amides is 1. The highest BCUT2D eigenvalue weighted by Crippen LogP contribution is 2.22. The van der Waals surface area contributed by atoms with E-state index in [1.165, 1.54) is 12.8 Å². The van der Waals surface area contributed by atoms with Crippen molar-refractivity contribution < 1.29 is 22.7 Å². The fourth-order valence-electron chi connectivity index (χ4n) is 3.15. The molecule has 1 aliphatic carbocycles. The normalized spacial score (nSPS) is 15.0.